The van der Waals surface area contributed by atoms with Crippen LogP contribution < -0.4 is 4.74 Å². The summed E-state index contributed by atoms with van der Waals surface area (Å²) in [6.45, 7) is 1.86. The number of Topliss-reactive ketones (excluding diaryl/α,β-unsaturated/α-hetero) is 1. The highest BCUT2D eigenvalue weighted by Gasteiger charge is 2.41. The molecular weight excluding hydrogens is 384 g/mol. The van der Waals surface area contributed by atoms with Gasteiger partial charge in [-0.1, -0.05) is 41.9 Å². The number of halogens is 1. The number of allylic oxidation sites excluding steroid dienone is 2. The Labute approximate surface area is 175 Å². The van der Waals surface area contributed by atoms with Gasteiger partial charge < -0.3 is 4.74 Å². The minimum Gasteiger partial charge on any atom is -0.497 e. The van der Waals surface area contributed by atoms with E-state index in [-0.39, 0.29) is 17.6 Å². The molecule has 0 spiro atoms. The number of nitrogens with zero attached hydrogens (tertiary/aromatic N) is 2. The number of hydrogen-bond donors (Lipinski definition) is 0. The minimum absolute atomic E-state index is 0.0495. The third kappa shape index (κ3) is 3.47. The number of hydrogen-bond acceptors (Lipinski definition) is 4. The second-order valence-corrected chi connectivity index (χ2v) is 7.93. The molecule has 5 heteroatoms. The molecule has 0 saturated heterocycles. The number of aliphatic imine (C=N–C) groups is 1. The number of benzene rings is 2. The molecule has 1 unspecified atom stereocenters. The summed E-state index contributed by atoms with van der Waals surface area (Å²) in [6, 6.07) is 17.6. The van der Waals surface area contributed by atoms with Crippen molar-refractivity contribution in [1.82, 2.24) is 0 Å². The fraction of sp³-hybridized carbons (Fsp3) is 0.292. The second kappa shape index (κ2) is 7.85. The summed E-state index contributed by atoms with van der Waals surface area (Å²) in [5, 5.41) is 10.4. The summed E-state index contributed by atoms with van der Waals surface area (Å²) in [4.78, 5) is 18.0. The van der Waals surface area contributed by atoms with Crippen LogP contribution in [0, 0.1) is 17.2 Å². The van der Waals surface area contributed by atoms with Crippen molar-refractivity contribution in [2.24, 2.45) is 10.9 Å². The van der Waals surface area contributed by atoms with Gasteiger partial charge >= 0.3 is 0 Å². The van der Waals surface area contributed by atoms with E-state index in [0.717, 1.165) is 28.3 Å². The van der Waals surface area contributed by atoms with Crippen molar-refractivity contribution >= 4 is 23.1 Å². The monoisotopic (exact) mass is 404 g/mol. The first-order chi connectivity index (χ1) is 14.0. The summed E-state index contributed by atoms with van der Waals surface area (Å²) < 4.78 is 5.23. The molecule has 1 heterocycles. The molecular formula is C24H21ClN2O2. The highest BCUT2D eigenvalue weighted by Crippen LogP contribution is 2.47. The van der Waals surface area contributed by atoms with Crippen LogP contribution in [0.2, 0.25) is 5.02 Å². The fourth-order valence-corrected chi connectivity index (χ4v) is 4.65. The van der Waals surface area contributed by atoms with Gasteiger partial charge in [-0.2, -0.15) is 5.26 Å². The van der Waals surface area contributed by atoms with Gasteiger partial charge in [-0.3, -0.25) is 9.79 Å². The molecule has 0 saturated carbocycles. The molecule has 29 heavy (non-hydrogen) atoms. The summed E-state index contributed by atoms with van der Waals surface area (Å²) in [5.41, 5.74) is 4.09. The molecule has 0 radical (unpaired) electrons. The lowest BCUT2D eigenvalue weighted by molar-refractivity contribution is -0.116. The third-order valence-electron chi connectivity index (χ3n) is 5.86. The predicted octanol–water partition coefficient (Wildman–Crippen LogP) is 5.45. The third-order valence-corrected chi connectivity index (χ3v) is 6.20. The average molecular weight is 405 g/mol. The number of nitriles is 1. The SMILES string of the molecule is COc1ccc([C@@H]2CC(=O)C3=C(C2)N=C(C)C(C#N)[C@H]3c2ccccc2Cl)cc1. The molecule has 4 rings (SSSR count). The fourth-order valence-electron chi connectivity index (χ4n) is 4.40. The Balaban J connectivity index is 1.77. The van der Waals surface area contributed by atoms with Crippen molar-refractivity contribution in [3.8, 4) is 11.8 Å². The molecule has 0 fully saturated rings. The van der Waals surface area contributed by atoms with Gasteiger partial charge in [0.1, 0.15) is 5.75 Å². The summed E-state index contributed by atoms with van der Waals surface area (Å²) in [5.74, 6) is 0.0429. The number of ether oxygens (including phenoxy) is 1. The van der Waals surface area contributed by atoms with Crippen molar-refractivity contribution in [2.75, 3.05) is 7.11 Å². The summed E-state index contributed by atoms with van der Waals surface area (Å²) >= 11 is 6.46. The van der Waals surface area contributed by atoms with Crippen molar-refractivity contribution in [2.45, 2.75) is 31.6 Å². The van der Waals surface area contributed by atoms with Crippen LogP contribution in [0.5, 0.6) is 5.75 Å². The van der Waals surface area contributed by atoms with Crippen LogP contribution in [0.25, 0.3) is 0 Å². The Morgan fingerprint density at radius 1 is 1.14 bits per heavy atom. The molecule has 146 valence electrons. The maximum Gasteiger partial charge on any atom is 0.161 e. The summed E-state index contributed by atoms with van der Waals surface area (Å²) in [6.07, 6.45) is 1.07. The Bertz CT molecular complexity index is 1060. The van der Waals surface area contributed by atoms with Gasteiger partial charge in [-0.15, -0.1) is 0 Å². The van der Waals surface area contributed by atoms with Crippen molar-refractivity contribution in [1.29, 1.82) is 5.26 Å². The Kier molecular flexibility index (Phi) is 5.25. The van der Waals surface area contributed by atoms with Gasteiger partial charge in [0.25, 0.3) is 0 Å². The van der Waals surface area contributed by atoms with Crippen LogP contribution in [0.3, 0.4) is 0 Å². The first kappa shape index (κ1) is 19.4. The van der Waals surface area contributed by atoms with E-state index in [0.29, 0.717) is 23.4 Å². The topological polar surface area (TPSA) is 62.4 Å². The van der Waals surface area contributed by atoms with E-state index in [1.165, 1.54) is 0 Å². The number of carbonyl (C=O) groups is 1. The lowest BCUT2D eigenvalue weighted by Gasteiger charge is -2.35. The molecule has 0 aromatic heterocycles. The highest BCUT2D eigenvalue weighted by molar-refractivity contribution is 6.31. The number of rotatable bonds is 3. The predicted molar refractivity (Wildman–Crippen MR) is 113 cm³/mol. The van der Waals surface area contributed by atoms with E-state index in [9.17, 15) is 10.1 Å². The Morgan fingerprint density at radius 2 is 1.86 bits per heavy atom. The first-order valence-corrected chi connectivity index (χ1v) is 10.0. The Hall–Kier alpha value is -2.90. The van der Waals surface area contributed by atoms with Crippen LogP contribution in [-0.4, -0.2) is 18.6 Å². The summed E-state index contributed by atoms with van der Waals surface area (Å²) in [7, 11) is 1.64. The van der Waals surface area contributed by atoms with E-state index in [4.69, 9.17) is 21.3 Å². The standard InChI is InChI=1S/C24H21ClN2O2/c1-14-19(13-26)23(18-5-3-4-6-20(18)25)24-21(27-14)11-16(12-22(24)28)15-7-9-17(29-2)10-8-15/h3-10,16,19,23H,11-12H2,1-2H3/t16-,19?,23+/m0/s1. The van der Waals surface area contributed by atoms with Gasteiger partial charge in [-0.05, 0) is 48.6 Å². The van der Waals surface area contributed by atoms with Gasteiger partial charge in [0, 0.05) is 34.3 Å². The molecule has 0 N–H and O–H groups in total. The molecule has 2 aliphatic rings. The lowest BCUT2D eigenvalue weighted by atomic mass is 9.69. The first-order valence-electron chi connectivity index (χ1n) is 9.63. The van der Waals surface area contributed by atoms with Gasteiger partial charge in [-0.25, -0.2) is 0 Å². The zero-order valence-corrected chi connectivity index (χ0v) is 17.1. The molecule has 1 aliphatic heterocycles. The van der Waals surface area contributed by atoms with Crippen molar-refractivity contribution < 1.29 is 9.53 Å². The van der Waals surface area contributed by atoms with Crippen LogP contribution in [0.15, 0.2) is 64.8 Å². The Morgan fingerprint density at radius 3 is 2.52 bits per heavy atom. The lowest BCUT2D eigenvalue weighted by Crippen LogP contribution is -2.32. The van der Waals surface area contributed by atoms with Gasteiger partial charge in [0.15, 0.2) is 5.78 Å². The van der Waals surface area contributed by atoms with Gasteiger partial charge in [0.05, 0.1) is 19.1 Å². The zero-order valence-electron chi connectivity index (χ0n) is 16.4. The maximum absolute atomic E-state index is 13.3. The molecule has 3 atom stereocenters. The average Bonchev–Trinajstić information content (AvgIpc) is 2.73. The smallest absolute Gasteiger partial charge is 0.161 e. The number of ketones is 1. The van der Waals surface area contributed by atoms with Crippen LogP contribution >= 0.6 is 11.6 Å². The van der Waals surface area contributed by atoms with E-state index < -0.39 is 5.92 Å². The normalized spacial score (nSPS) is 23.9. The largest absolute Gasteiger partial charge is 0.497 e. The number of methoxy groups -OCH3 is 1. The van der Waals surface area contributed by atoms with Crippen LogP contribution in [0.4, 0.5) is 0 Å². The molecule has 0 amide bonds. The molecule has 2 aromatic carbocycles. The molecule has 4 nitrogen and oxygen atoms in total. The van der Waals surface area contributed by atoms with E-state index in [2.05, 4.69) is 6.07 Å². The molecule has 2 aromatic rings. The van der Waals surface area contributed by atoms with Crippen molar-refractivity contribution in [3.63, 3.8) is 0 Å². The van der Waals surface area contributed by atoms with Crippen LogP contribution in [-0.2, 0) is 4.79 Å². The van der Waals surface area contributed by atoms with E-state index in [1.54, 1.807) is 13.2 Å². The van der Waals surface area contributed by atoms with Crippen LogP contribution in [0.1, 0.15) is 42.7 Å². The van der Waals surface area contributed by atoms with Crippen molar-refractivity contribution in [3.05, 3.63) is 76.0 Å². The van der Waals surface area contributed by atoms with Gasteiger partial charge in [0.2, 0.25) is 0 Å². The quantitative estimate of drug-likeness (QED) is 0.683. The highest BCUT2D eigenvalue weighted by atomic mass is 35.5. The molecule has 0 bridgehead atoms. The second-order valence-electron chi connectivity index (χ2n) is 7.52. The minimum atomic E-state index is -0.491. The zero-order chi connectivity index (χ0) is 20.5. The molecule has 1 aliphatic carbocycles. The van der Waals surface area contributed by atoms with E-state index >= 15 is 0 Å². The maximum atomic E-state index is 13.3. The van der Waals surface area contributed by atoms with E-state index in [1.807, 2.05) is 49.4 Å². The number of carbonyl (C=O) groups excluding carboxylic acids is 1.